The summed E-state index contributed by atoms with van der Waals surface area (Å²) in [4.78, 5) is 24.9. The number of carbonyl (C=O) groups is 2. The summed E-state index contributed by atoms with van der Waals surface area (Å²) in [6, 6.07) is 30.6. The van der Waals surface area contributed by atoms with Crippen molar-refractivity contribution in [1.29, 1.82) is 0 Å². The molecule has 168 valence electrons. The van der Waals surface area contributed by atoms with Crippen LogP contribution in [0.15, 0.2) is 102 Å². The maximum atomic E-state index is 13.3. The third-order valence-corrected chi connectivity index (χ3v) is 5.94. The number of ether oxygens (including phenoxy) is 1. The molecule has 1 unspecified atom stereocenters. The summed E-state index contributed by atoms with van der Waals surface area (Å²) in [5.74, 6) is -0.635. The van der Waals surface area contributed by atoms with Crippen molar-refractivity contribution in [2.45, 2.75) is 12.5 Å². The fourth-order valence-corrected chi connectivity index (χ4v) is 4.22. The SMILES string of the molecule is NC(=O)c1ccccc1OCC(=O)N1N=C(c2ccc3ccccc3c2)CC1c1ccccc1. The van der Waals surface area contributed by atoms with Crippen LogP contribution in [0.2, 0.25) is 0 Å². The Kier molecular flexibility index (Phi) is 5.79. The smallest absolute Gasteiger partial charge is 0.281 e. The zero-order valence-electron chi connectivity index (χ0n) is 18.4. The highest BCUT2D eigenvalue weighted by atomic mass is 16.5. The standard InChI is InChI=1S/C28H23N3O3/c29-28(33)23-12-6-7-13-26(23)34-18-27(32)31-25(20-9-2-1-3-10-20)17-24(30-31)22-15-14-19-8-4-5-11-21(19)16-22/h1-16,25H,17-18H2,(H2,29,33). The Hall–Kier alpha value is -4.45. The van der Waals surface area contributed by atoms with Gasteiger partial charge >= 0.3 is 0 Å². The summed E-state index contributed by atoms with van der Waals surface area (Å²) < 4.78 is 5.69. The van der Waals surface area contributed by atoms with Gasteiger partial charge in [0.25, 0.3) is 11.8 Å². The molecule has 2 N–H and O–H groups in total. The molecule has 4 aromatic rings. The van der Waals surface area contributed by atoms with Gasteiger partial charge in [0.15, 0.2) is 6.61 Å². The van der Waals surface area contributed by atoms with Crippen LogP contribution in [-0.4, -0.2) is 29.1 Å². The molecule has 5 rings (SSSR count). The lowest BCUT2D eigenvalue weighted by Crippen LogP contribution is -2.31. The molecule has 0 saturated carbocycles. The highest BCUT2D eigenvalue weighted by Gasteiger charge is 2.33. The molecule has 2 amide bonds. The van der Waals surface area contributed by atoms with Crippen LogP contribution >= 0.6 is 0 Å². The first kappa shape index (κ1) is 21.4. The molecule has 1 aliphatic rings. The molecule has 34 heavy (non-hydrogen) atoms. The Morgan fingerprint density at radius 1 is 0.882 bits per heavy atom. The minimum Gasteiger partial charge on any atom is -0.483 e. The number of primary amides is 1. The quantitative estimate of drug-likeness (QED) is 0.463. The third-order valence-electron chi connectivity index (χ3n) is 5.94. The van der Waals surface area contributed by atoms with Gasteiger partial charge in [-0.1, -0.05) is 78.9 Å². The Labute approximate surface area is 197 Å². The van der Waals surface area contributed by atoms with Gasteiger partial charge in [0.2, 0.25) is 0 Å². The number of hydrogen-bond acceptors (Lipinski definition) is 4. The van der Waals surface area contributed by atoms with E-state index in [-0.39, 0.29) is 29.9 Å². The molecule has 0 fully saturated rings. The second-order valence-electron chi connectivity index (χ2n) is 8.13. The van der Waals surface area contributed by atoms with Crippen LogP contribution < -0.4 is 10.5 Å². The van der Waals surface area contributed by atoms with Gasteiger partial charge in [-0.2, -0.15) is 5.10 Å². The van der Waals surface area contributed by atoms with Crippen molar-refractivity contribution in [3.05, 3.63) is 114 Å². The van der Waals surface area contributed by atoms with Crippen molar-refractivity contribution in [2.75, 3.05) is 6.61 Å². The fourth-order valence-electron chi connectivity index (χ4n) is 4.22. The summed E-state index contributed by atoms with van der Waals surface area (Å²) in [7, 11) is 0. The molecule has 6 heteroatoms. The average molecular weight is 450 g/mol. The predicted octanol–water partition coefficient (Wildman–Crippen LogP) is 4.70. The summed E-state index contributed by atoms with van der Waals surface area (Å²) in [6.45, 7) is -0.262. The molecule has 4 aromatic carbocycles. The molecular formula is C28H23N3O3. The second-order valence-corrected chi connectivity index (χ2v) is 8.13. The van der Waals surface area contributed by atoms with Gasteiger partial charge in [0, 0.05) is 6.42 Å². The first-order chi connectivity index (χ1) is 16.6. The Morgan fingerprint density at radius 2 is 1.59 bits per heavy atom. The molecule has 0 saturated heterocycles. The Bertz CT molecular complexity index is 1400. The second kappa shape index (κ2) is 9.19. The zero-order chi connectivity index (χ0) is 23.5. The van der Waals surface area contributed by atoms with E-state index in [0.717, 1.165) is 27.6 Å². The number of nitrogens with two attached hydrogens (primary N) is 1. The van der Waals surface area contributed by atoms with E-state index in [4.69, 9.17) is 15.6 Å². The van der Waals surface area contributed by atoms with Gasteiger partial charge in [-0.15, -0.1) is 0 Å². The van der Waals surface area contributed by atoms with Crippen molar-refractivity contribution in [2.24, 2.45) is 10.8 Å². The van der Waals surface area contributed by atoms with E-state index >= 15 is 0 Å². The van der Waals surface area contributed by atoms with Crippen molar-refractivity contribution in [1.82, 2.24) is 5.01 Å². The van der Waals surface area contributed by atoms with Crippen molar-refractivity contribution in [3.8, 4) is 5.75 Å². The molecular weight excluding hydrogens is 426 g/mol. The lowest BCUT2D eigenvalue weighted by atomic mass is 9.97. The van der Waals surface area contributed by atoms with E-state index in [1.165, 1.54) is 5.01 Å². The minimum atomic E-state index is -0.608. The number of nitrogens with zero attached hydrogens (tertiary/aromatic N) is 2. The minimum absolute atomic E-state index is 0.233. The van der Waals surface area contributed by atoms with Crippen molar-refractivity contribution in [3.63, 3.8) is 0 Å². The molecule has 0 radical (unpaired) electrons. The predicted molar refractivity (Wildman–Crippen MR) is 132 cm³/mol. The maximum Gasteiger partial charge on any atom is 0.281 e. The van der Waals surface area contributed by atoms with E-state index in [2.05, 4.69) is 24.3 Å². The number of rotatable bonds is 6. The number of carbonyl (C=O) groups excluding carboxylic acids is 2. The third kappa shape index (κ3) is 4.26. The summed E-state index contributed by atoms with van der Waals surface area (Å²) in [5.41, 5.74) is 8.47. The number of benzene rings is 4. The van der Waals surface area contributed by atoms with Crippen LogP contribution in [0.25, 0.3) is 10.8 Å². The van der Waals surface area contributed by atoms with Crippen molar-refractivity contribution >= 4 is 28.3 Å². The number of fused-ring (bicyclic) bond motifs is 1. The van der Waals surface area contributed by atoms with Gasteiger partial charge in [-0.05, 0) is 40.1 Å². The summed E-state index contributed by atoms with van der Waals surface area (Å²) in [6.07, 6.45) is 0.589. The number of hydrazone groups is 1. The molecule has 0 aromatic heterocycles. The van der Waals surface area contributed by atoms with E-state index < -0.39 is 5.91 Å². The molecule has 1 heterocycles. The van der Waals surface area contributed by atoms with E-state index in [1.807, 2.05) is 48.5 Å². The molecule has 6 nitrogen and oxygen atoms in total. The topological polar surface area (TPSA) is 85.0 Å². The highest BCUT2D eigenvalue weighted by Crippen LogP contribution is 2.33. The maximum absolute atomic E-state index is 13.3. The normalized spacial score (nSPS) is 15.2. The first-order valence-electron chi connectivity index (χ1n) is 11.1. The molecule has 1 aliphatic heterocycles. The average Bonchev–Trinajstić information content (AvgIpc) is 3.33. The van der Waals surface area contributed by atoms with E-state index in [0.29, 0.717) is 6.42 Å². The molecule has 0 spiro atoms. The van der Waals surface area contributed by atoms with Crippen LogP contribution in [0.4, 0.5) is 0 Å². The fraction of sp³-hybridized carbons (Fsp3) is 0.107. The van der Waals surface area contributed by atoms with Gasteiger partial charge in [-0.3, -0.25) is 9.59 Å². The van der Waals surface area contributed by atoms with Crippen LogP contribution in [0.5, 0.6) is 5.75 Å². The molecule has 1 atom stereocenters. The number of para-hydroxylation sites is 1. The lowest BCUT2D eigenvalue weighted by Gasteiger charge is -2.22. The van der Waals surface area contributed by atoms with Crippen molar-refractivity contribution < 1.29 is 14.3 Å². The Balaban J connectivity index is 1.43. The molecule has 0 bridgehead atoms. The number of hydrogen-bond donors (Lipinski definition) is 1. The van der Waals surface area contributed by atoms with Crippen LogP contribution in [0.1, 0.15) is 33.9 Å². The summed E-state index contributed by atoms with van der Waals surface area (Å²) in [5, 5.41) is 8.49. The zero-order valence-corrected chi connectivity index (χ0v) is 18.4. The van der Waals surface area contributed by atoms with E-state index in [1.54, 1.807) is 24.3 Å². The number of amides is 2. The molecule has 0 aliphatic carbocycles. The van der Waals surface area contributed by atoms with E-state index in [9.17, 15) is 9.59 Å². The van der Waals surface area contributed by atoms with Gasteiger partial charge in [0.05, 0.1) is 17.3 Å². The first-order valence-corrected chi connectivity index (χ1v) is 11.1. The van der Waals surface area contributed by atoms with Crippen LogP contribution in [0, 0.1) is 0 Å². The lowest BCUT2D eigenvalue weighted by molar-refractivity contribution is -0.135. The van der Waals surface area contributed by atoms with Gasteiger partial charge < -0.3 is 10.5 Å². The Morgan fingerprint density at radius 3 is 2.38 bits per heavy atom. The largest absolute Gasteiger partial charge is 0.483 e. The highest BCUT2D eigenvalue weighted by molar-refractivity contribution is 6.05. The van der Waals surface area contributed by atoms with Gasteiger partial charge in [-0.25, -0.2) is 5.01 Å². The summed E-state index contributed by atoms with van der Waals surface area (Å²) >= 11 is 0. The van der Waals surface area contributed by atoms with Crippen LogP contribution in [0.3, 0.4) is 0 Å². The van der Waals surface area contributed by atoms with Gasteiger partial charge in [0.1, 0.15) is 5.75 Å². The monoisotopic (exact) mass is 449 g/mol. The van der Waals surface area contributed by atoms with Crippen LogP contribution in [-0.2, 0) is 4.79 Å².